The van der Waals surface area contributed by atoms with Crippen LogP contribution in [-0.4, -0.2) is 39.6 Å². The molecule has 0 aliphatic rings. The maximum Gasteiger partial charge on any atom is 0.258 e. The maximum atomic E-state index is 12.3. The zero-order valence-corrected chi connectivity index (χ0v) is 17.4. The van der Waals surface area contributed by atoms with Crippen LogP contribution < -0.4 is 24.3 Å². The summed E-state index contributed by atoms with van der Waals surface area (Å²) < 4.78 is 21.5. The third-order valence-corrected chi connectivity index (χ3v) is 4.43. The monoisotopic (exact) mass is 401 g/mol. The largest absolute Gasteiger partial charge is 0.493 e. The van der Waals surface area contributed by atoms with E-state index < -0.39 is 0 Å². The summed E-state index contributed by atoms with van der Waals surface area (Å²) in [6.07, 6.45) is 0.446. The Morgan fingerprint density at radius 2 is 1.55 bits per heavy atom. The highest BCUT2D eigenvalue weighted by Crippen LogP contribution is 2.39. The number of methoxy groups -OCH3 is 3. The predicted octanol–water partition coefficient (Wildman–Crippen LogP) is 3.56. The van der Waals surface area contributed by atoms with E-state index >= 15 is 0 Å². The minimum Gasteiger partial charge on any atom is -0.493 e. The molecule has 2 aromatic rings. The van der Waals surface area contributed by atoms with Gasteiger partial charge in [0.1, 0.15) is 5.75 Å². The first-order valence-corrected chi connectivity index (χ1v) is 9.28. The lowest BCUT2D eigenvalue weighted by Gasteiger charge is -2.19. The van der Waals surface area contributed by atoms with Gasteiger partial charge in [-0.2, -0.15) is 0 Å². The van der Waals surface area contributed by atoms with Gasteiger partial charge < -0.3 is 24.3 Å². The third-order valence-electron chi connectivity index (χ3n) is 4.43. The molecular weight excluding hydrogens is 374 g/mol. The number of ether oxygens (including phenoxy) is 4. The molecule has 1 atom stereocenters. The summed E-state index contributed by atoms with van der Waals surface area (Å²) in [5.41, 5.74) is 1.43. The molecule has 156 valence electrons. The first kappa shape index (κ1) is 22.1. The van der Waals surface area contributed by atoms with E-state index in [4.69, 9.17) is 18.9 Å². The van der Waals surface area contributed by atoms with Crippen LogP contribution in [0.3, 0.4) is 0 Å². The average Bonchev–Trinajstić information content (AvgIpc) is 2.76. The van der Waals surface area contributed by atoms with E-state index in [1.165, 1.54) is 21.3 Å². The normalized spacial score (nSPS) is 11.3. The van der Waals surface area contributed by atoms with Crippen LogP contribution in [0.15, 0.2) is 36.4 Å². The van der Waals surface area contributed by atoms with Crippen molar-refractivity contribution in [2.75, 3.05) is 27.9 Å². The number of hydrogen-bond acceptors (Lipinski definition) is 6. The third kappa shape index (κ3) is 5.63. The number of rotatable bonds is 10. The van der Waals surface area contributed by atoms with Crippen LogP contribution in [0, 0.1) is 0 Å². The van der Waals surface area contributed by atoms with Gasteiger partial charge in [0.15, 0.2) is 23.9 Å². The van der Waals surface area contributed by atoms with Gasteiger partial charge in [-0.15, -0.1) is 0 Å². The lowest BCUT2D eigenvalue weighted by atomic mass is 10.1. The number of hydrogen-bond donors (Lipinski definition) is 1. The molecule has 0 aliphatic carbocycles. The lowest BCUT2D eigenvalue weighted by Crippen LogP contribution is -2.31. The Morgan fingerprint density at radius 1 is 0.966 bits per heavy atom. The van der Waals surface area contributed by atoms with Crippen molar-refractivity contribution in [3.05, 3.63) is 47.5 Å². The van der Waals surface area contributed by atoms with Crippen LogP contribution in [0.25, 0.3) is 0 Å². The molecule has 0 aromatic heterocycles. The smallest absolute Gasteiger partial charge is 0.258 e. The van der Waals surface area contributed by atoms with Crippen LogP contribution in [0.1, 0.15) is 42.2 Å². The van der Waals surface area contributed by atoms with Crippen LogP contribution in [0.4, 0.5) is 0 Å². The predicted molar refractivity (Wildman–Crippen MR) is 109 cm³/mol. The second-order valence-electron chi connectivity index (χ2n) is 6.34. The van der Waals surface area contributed by atoms with Crippen molar-refractivity contribution in [2.45, 2.75) is 26.3 Å². The van der Waals surface area contributed by atoms with E-state index in [1.54, 1.807) is 36.4 Å². The molecule has 0 bridgehead atoms. The summed E-state index contributed by atoms with van der Waals surface area (Å²) in [7, 11) is 4.61. The molecule has 0 spiro atoms. The number of nitrogens with one attached hydrogen (secondary N) is 1. The zero-order valence-electron chi connectivity index (χ0n) is 17.4. The van der Waals surface area contributed by atoms with Gasteiger partial charge in [0.25, 0.3) is 5.91 Å². The fourth-order valence-corrected chi connectivity index (χ4v) is 2.81. The Balaban J connectivity index is 1.99. The molecule has 2 rings (SSSR count). The Kier molecular flexibility index (Phi) is 7.88. The van der Waals surface area contributed by atoms with Gasteiger partial charge in [-0.25, -0.2) is 0 Å². The fourth-order valence-electron chi connectivity index (χ4n) is 2.81. The van der Waals surface area contributed by atoms with E-state index in [0.717, 1.165) is 5.56 Å². The highest BCUT2D eigenvalue weighted by molar-refractivity contribution is 5.95. The molecule has 0 saturated heterocycles. The number of carbonyl (C=O) groups is 2. The molecule has 0 radical (unpaired) electrons. The highest BCUT2D eigenvalue weighted by atomic mass is 16.5. The minimum absolute atomic E-state index is 0.0634. The zero-order chi connectivity index (χ0) is 21.4. The van der Waals surface area contributed by atoms with Crippen molar-refractivity contribution >= 4 is 11.7 Å². The summed E-state index contributed by atoms with van der Waals surface area (Å²) in [6.45, 7) is 3.52. The Morgan fingerprint density at radius 3 is 2.03 bits per heavy atom. The number of carbonyl (C=O) groups excluding carboxylic acids is 2. The standard InChI is InChI=1S/C22H27NO6/c1-6-18(24)15-7-9-17(10-8-15)29-13-21(25)23-14(2)16-11-19(26-3)22(28-5)20(12-16)27-4/h7-12,14H,6,13H2,1-5H3,(H,23,25). The minimum atomic E-state index is -0.302. The van der Waals surface area contributed by atoms with Crippen LogP contribution >= 0.6 is 0 Å². The molecule has 2 aromatic carbocycles. The first-order valence-electron chi connectivity index (χ1n) is 9.28. The molecule has 1 unspecified atom stereocenters. The number of ketones is 1. The molecule has 0 heterocycles. The number of benzene rings is 2. The van der Waals surface area contributed by atoms with Gasteiger partial charge in [0.05, 0.1) is 27.4 Å². The molecule has 29 heavy (non-hydrogen) atoms. The van der Waals surface area contributed by atoms with Crippen LogP contribution in [0.2, 0.25) is 0 Å². The SMILES string of the molecule is CCC(=O)c1ccc(OCC(=O)NC(C)c2cc(OC)c(OC)c(OC)c2)cc1. The lowest BCUT2D eigenvalue weighted by molar-refractivity contribution is -0.123. The summed E-state index contributed by atoms with van der Waals surface area (Å²) in [4.78, 5) is 23.9. The molecule has 0 saturated carbocycles. The van der Waals surface area contributed by atoms with Gasteiger partial charge in [-0.3, -0.25) is 9.59 Å². The van der Waals surface area contributed by atoms with Gasteiger partial charge in [0, 0.05) is 12.0 Å². The summed E-state index contributed by atoms with van der Waals surface area (Å²) in [5, 5.41) is 2.88. The van der Waals surface area contributed by atoms with E-state index in [9.17, 15) is 9.59 Å². The van der Waals surface area contributed by atoms with E-state index in [-0.39, 0.29) is 24.3 Å². The molecule has 0 fully saturated rings. The Labute approximate surface area is 170 Å². The van der Waals surface area contributed by atoms with Crippen molar-refractivity contribution in [3.8, 4) is 23.0 Å². The molecular formula is C22H27NO6. The number of amides is 1. The molecule has 1 N–H and O–H groups in total. The molecule has 1 amide bonds. The molecule has 7 nitrogen and oxygen atoms in total. The van der Waals surface area contributed by atoms with Gasteiger partial charge in [-0.1, -0.05) is 6.92 Å². The molecule has 7 heteroatoms. The van der Waals surface area contributed by atoms with E-state index in [1.807, 2.05) is 13.8 Å². The Hall–Kier alpha value is -3.22. The summed E-state index contributed by atoms with van der Waals surface area (Å²) in [5.74, 6) is 1.83. The van der Waals surface area contributed by atoms with Crippen molar-refractivity contribution in [1.82, 2.24) is 5.32 Å². The van der Waals surface area contributed by atoms with Gasteiger partial charge in [-0.05, 0) is 48.9 Å². The van der Waals surface area contributed by atoms with Crippen molar-refractivity contribution < 1.29 is 28.5 Å². The number of Topliss-reactive ketones (excluding diaryl/α,β-unsaturated/α-hetero) is 1. The second kappa shape index (κ2) is 10.4. The van der Waals surface area contributed by atoms with E-state index in [2.05, 4.69) is 5.32 Å². The van der Waals surface area contributed by atoms with Crippen molar-refractivity contribution in [3.63, 3.8) is 0 Å². The topological polar surface area (TPSA) is 83.1 Å². The van der Waals surface area contributed by atoms with Crippen molar-refractivity contribution in [2.24, 2.45) is 0 Å². The van der Waals surface area contributed by atoms with Gasteiger partial charge >= 0.3 is 0 Å². The van der Waals surface area contributed by atoms with E-state index in [0.29, 0.717) is 35.0 Å². The Bertz CT molecular complexity index is 822. The fraction of sp³-hybridized carbons (Fsp3) is 0.364. The van der Waals surface area contributed by atoms with Crippen molar-refractivity contribution in [1.29, 1.82) is 0 Å². The average molecular weight is 401 g/mol. The summed E-state index contributed by atoms with van der Waals surface area (Å²) in [6, 6.07) is 10.0. The maximum absolute atomic E-state index is 12.3. The van der Waals surface area contributed by atoms with Crippen LogP contribution in [0.5, 0.6) is 23.0 Å². The summed E-state index contributed by atoms with van der Waals surface area (Å²) >= 11 is 0. The second-order valence-corrected chi connectivity index (χ2v) is 6.34. The van der Waals surface area contributed by atoms with Crippen LogP contribution in [-0.2, 0) is 4.79 Å². The molecule has 0 aliphatic heterocycles. The van der Waals surface area contributed by atoms with Gasteiger partial charge in [0.2, 0.25) is 5.75 Å². The quantitative estimate of drug-likeness (QED) is 0.613. The highest BCUT2D eigenvalue weighted by Gasteiger charge is 2.18. The first-order chi connectivity index (χ1) is 13.9.